The third-order valence-corrected chi connectivity index (χ3v) is 3.83. The molecule has 1 unspecified atom stereocenters. The van der Waals surface area contributed by atoms with Crippen molar-refractivity contribution in [3.63, 3.8) is 0 Å². The first-order valence-electron chi connectivity index (χ1n) is 6.30. The fraction of sp³-hybridized carbons (Fsp3) is 0.833. The van der Waals surface area contributed by atoms with Crippen LogP contribution in [0.4, 0.5) is 4.79 Å². The lowest BCUT2D eigenvalue weighted by Crippen LogP contribution is -2.44. The SMILES string of the molecule is CN(C)C(=O)N1CCCC2(CCC(=O)N2)CC1. The van der Waals surface area contributed by atoms with Crippen LogP contribution in [-0.2, 0) is 4.79 Å². The smallest absolute Gasteiger partial charge is 0.319 e. The van der Waals surface area contributed by atoms with Gasteiger partial charge in [-0.2, -0.15) is 0 Å². The van der Waals surface area contributed by atoms with E-state index in [0.717, 1.165) is 38.8 Å². The zero-order chi connectivity index (χ0) is 12.5. The molecule has 5 heteroatoms. The molecule has 0 aromatic rings. The topological polar surface area (TPSA) is 52.7 Å². The molecule has 5 nitrogen and oxygen atoms in total. The van der Waals surface area contributed by atoms with Gasteiger partial charge in [0.1, 0.15) is 0 Å². The van der Waals surface area contributed by atoms with E-state index >= 15 is 0 Å². The second-order valence-electron chi connectivity index (χ2n) is 5.35. The summed E-state index contributed by atoms with van der Waals surface area (Å²) in [4.78, 5) is 26.7. The molecular weight excluding hydrogens is 218 g/mol. The minimum atomic E-state index is -0.0293. The fourth-order valence-electron chi connectivity index (χ4n) is 2.82. The minimum Gasteiger partial charge on any atom is -0.351 e. The van der Waals surface area contributed by atoms with E-state index in [-0.39, 0.29) is 17.5 Å². The van der Waals surface area contributed by atoms with Crippen molar-refractivity contribution in [3.8, 4) is 0 Å². The molecule has 1 atom stereocenters. The number of carbonyl (C=O) groups is 2. The molecule has 0 radical (unpaired) electrons. The molecule has 0 bridgehead atoms. The standard InChI is InChI=1S/C12H21N3O2/c1-14(2)11(17)15-8-3-5-12(7-9-15)6-4-10(16)13-12/h3-9H2,1-2H3,(H,13,16). The van der Waals surface area contributed by atoms with Crippen LogP contribution in [0, 0.1) is 0 Å². The molecule has 2 aliphatic heterocycles. The predicted molar refractivity (Wildman–Crippen MR) is 64.6 cm³/mol. The molecule has 2 rings (SSSR count). The second kappa shape index (κ2) is 4.55. The van der Waals surface area contributed by atoms with Gasteiger partial charge in [0.15, 0.2) is 0 Å². The Morgan fingerprint density at radius 2 is 2.06 bits per heavy atom. The molecule has 0 saturated carbocycles. The summed E-state index contributed by atoms with van der Waals surface area (Å²) in [6.07, 6.45) is 4.42. The Morgan fingerprint density at radius 3 is 2.65 bits per heavy atom. The fourth-order valence-corrected chi connectivity index (χ4v) is 2.82. The monoisotopic (exact) mass is 239 g/mol. The van der Waals surface area contributed by atoms with Crippen LogP contribution in [0.1, 0.15) is 32.1 Å². The van der Waals surface area contributed by atoms with Gasteiger partial charge in [0.05, 0.1) is 0 Å². The quantitative estimate of drug-likeness (QED) is 0.680. The van der Waals surface area contributed by atoms with E-state index in [1.54, 1.807) is 19.0 Å². The maximum Gasteiger partial charge on any atom is 0.319 e. The highest BCUT2D eigenvalue weighted by Gasteiger charge is 2.39. The molecule has 17 heavy (non-hydrogen) atoms. The van der Waals surface area contributed by atoms with Crippen LogP contribution in [-0.4, -0.2) is 54.5 Å². The highest BCUT2D eigenvalue weighted by molar-refractivity contribution is 5.79. The average molecular weight is 239 g/mol. The van der Waals surface area contributed by atoms with Crippen molar-refractivity contribution in [3.05, 3.63) is 0 Å². The third kappa shape index (κ3) is 2.53. The average Bonchev–Trinajstić information content (AvgIpc) is 2.52. The molecule has 2 fully saturated rings. The Balaban J connectivity index is 1.98. The zero-order valence-corrected chi connectivity index (χ0v) is 10.7. The summed E-state index contributed by atoms with van der Waals surface area (Å²) in [6, 6.07) is 0.0753. The molecule has 0 aromatic heterocycles. The van der Waals surface area contributed by atoms with Gasteiger partial charge in [-0.15, -0.1) is 0 Å². The van der Waals surface area contributed by atoms with Gasteiger partial charge in [0.2, 0.25) is 5.91 Å². The van der Waals surface area contributed by atoms with E-state index in [9.17, 15) is 9.59 Å². The number of hydrogen-bond donors (Lipinski definition) is 1. The van der Waals surface area contributed by atoms with Gasteiger partial charge in [-0.05, 0) is 25.7 Å². The van der Waals surface area contributed by atoms with Crippen molar-refractivity contribution in [2.45, 2.75) is 37.6 Å². The molecule has 1 spiro atoms. The summed E-state index contributed by atoms with van der Waals surface area (Å²) in [6.45, 7) is 1.55. The van der Waals surface area contributed by atoms with Gasteiger partial charge in [-0.25, -0.2) is 4.79 Å². The van der Waals surface area contributed by atoms with Crippen LogP contribution in [0.25, 0.3) is 0 Å². The van der Waals surface area contributed by atoms with Crippen molar-refractivity contribution in [1.29, 1.82) is 0 Å². The Kier molecular flexibility index (Phi) is 3.26. The lowest BCUT2D eigenvalue weighted by atomic mass is 9.89. The zero-order valence-electron chi connectivity index (χ0n) is 10.7. The number of hydrogen-bond acceptors (Lipinski definition) is 2. The van der Waals surface area contributed by atoms with E-state index in [1.165, 1.54) is 0 Å². The number of likely N-dealkylation sites (tertiary alicyclic amines) is 1. The van der Waals surface area contributed by atoms with Crippen molar-refractivity contribution in [2.24, 2.45) is 0 Å². The molecule has 3 amide bonds. The maximum absolute atomic E-state index is 11.9. The highest BCUT2D eigenvalue weighted by atomic mass is 16.2. The van der Waals surface area contributed by atoms with Crippen molar-refractivity contribution in [2.75, 3.05) is 27.2 Å². The van der Waals surface area contributed by atoms with Crippen molar-refractivity contribution in [1.82, 2.24) is 15.1 Å². The van der Waals surface area contributed by atoms with Crippen molar-refractivity contribution < 1.29 is 9.59 Å². The first-order valence-corrected chi connectivity index (χ1v) is 6.30. The Morgan fingerprint density at radius 1 is 1.29 bits per heavy atom. The Bertz CT molecular complexity index is 330. The van der Waals surface area contributed by atoms with Crippen LogP contribution in [0.15, 0.2) is 0 Å². The minimum absolute atomic E-state index is 0.0293. The van der Waals surface area contributed by atoms with Crippen LogP contribution in [0.3, 0.4) is 0 Å². The number of amides is 3. The van der Waals surface area contributed by atoms with Gasteiger partial charge >= 0.3 is 6.03 Å². The van der Waals surface area contributed by atoms with Crippen LogP contribution in [0.5, 0.6) is 0 Å². The van der Waals surface area contributed by atoms with Crippen LogP contribution in [0.2, 0.25) is 0 Å². The summed E-state index contributed by atoms with van der Waals surface area (Å²) in [7, 11) is 3.56. The van der Waals surface area contributed by atoms with Gasteiger partial charge in [0.25, 0.3) is 0 Å². The molecular formula is C12H21N3O2. The van der Waals surface area contributed by atoms with Gasteiger partial charge in [0, 0.05) is 39.1 Å². The van der Waals surface area contributed by atoms with Crippen molar-refractivity contribution >= 4 is 11.9 Å². The number of urea groups is 1. The van der Waals surface area contributed by atoms with E-state index < -0.39 is 0 Å². The van der Waals surface area contributed by atoms with Crippen LogP contribution < -0.4 is 5.32 Å². The molecule has 1 N–H and O–H groups in total. The first-order chi connectivity index (χ1) is 8.02. The number of carbonyl (C=O) groups excluding carboxylic acids is 2. The second-order valence-corrected chi connectivity index (χ2v) is 5.35. The number of rotatable bonds is 0. The first kappa shape index (κ1) is 12.2. The summed E-state index contributed by atoms with van der Waals surface area (Å²) in [5.74, 6) is 0.164. The summed E-state index contributed by atoms with van der Waals surface area (Å²) in [5, 5.41) is 3.11. The lowest BCUT2D eigenvalue weighted by molar-refractivity contribution is -0.119. The van der Waals surface area contributed by atoms with E-state index in [1.807, 2.05) is 4.90 Å². The van der Waals surface area contributed by atoms with Gasteiger partial charge in [-0.3, -0.25) is 4.79 Å². The Hall–Kier alpha value is -1.26. The predicted octanol–water partition coefficient (Wildman–Crippen LogP) is 0.803. The van der Waals surface area contributed by atoms with Crippen LogP contribution >= 0.6 is 0 Å². The summed E-state index contributed by atoms with van der Waals surface area (Å²) in [5.41, 5.74) is -0.0293. The summed E-state index contributed by atoms with van der Waals surface area (Å²) >= 11 is 0. The normalized spacial score (nSPS) is 29.1. The lowest BCUT2D eigenvalue weighted by Gasteiger charge is -2.28. The molecule has 2 aliphatic rings. The van der Waals surface area contributed by atoms with Gasteiger partial charge < -0.3 is 15.1 Å². The molecule has 0 aliphatic carbocycles. The largest absolute Gasteiger partial charge is 0.351 e. The number of nitrogens with zero attached hydrogens (tertiary/aromatic N) is 2. The van der Waals surface area contributed by atoms with E-state index in [4.69, 9.17) is 0 Å². The highest BCUT2D eigenvalue weighted by Crippen LogP contribution is 2.31. The molecule has 2 saturated heterocycles. The molecule has 0 aromatic carbocycles. The van der Waals surface area contributed by atoms with E-state index in [2.05, 4.69) is 5.32 Å². The summed E-state index contributed by atoms with van der Waals surface area (Å²) < 4.78 is 0. The number of nitrogens with one attached hydrogen (secondary N) is 1. The van der Waals surface area contributed by atoms with Gasteiger partial charge in [-0.1, -0.05) is 0 Å². The maximum atomic E-state index is 11.9. The molecule has 96 valence electrons. The van der Waals surface area contributed by atoms with E-state index in [0.29, 0.717) is 6.42 Å². The molecule has 2 heterocycles. The Labute approximate surface area is 102 Å². The third-order valence-electron chi connectivity index (χ3n) is 3.83.